The number of rotatable bonds is 4. The molecule has 1 unspecified atom stereocenters. The first-order valence-electron chi connectivity index (χ1n) is 6.97. The van der Waals surface area contributed by atoms with Gasteiger partial charge in [0.15, 0.2) is 0 Å². The van der Waals surface area contributed by atoms with Crippen LogP contribution in [0, 0.1) is 5.92 Å². The van der Waals surface area contributed by atoms with Gasteiger partial charge in [-0.2, -0.15) is 0 Å². The number of pyridine rings is 1. The summed E-state index contributed by atoms with van der Waals surface area (Å²) in [5.41, 5.74) is 0. The van der Waals surface area contributed by atoms with Crippen molar-refractivity contribution in [2.24, 2.45) is 5.92 Å². The second-order valence-corrected chi connectivity index (χ2v) is 5.37. The molecule has 0 radical (unpaired) electrons. The van der Waals surface area contributed by atoms with E-state index in [2.05, 4.69) is 29.4 Å². The zero-order valence-electron chi connectivity index (χ0n) is 11.5. The number of nitrogens with one attached hydrogen (secondary N) is 1. The summed E-state index contributed by atoms with van der Waals surface area (Å²) in [6, 6.07) is 8.64. The number of hydrogen-bond acceptors (Lipinski definition) is 3. The summed E-state index contributed by atoms with van der Waals surface area (Å²) < 4.78 is 5.27. The molecule has 2 aromatic rings. The normalized spacial score (nSPS) is 16.9. The molecular weight excluding hydrogens is 236 g/mol. The van der Waals surface area contributed by atoms with Gasteiger partial charge >= 0.3 is 0 Å². The Morgan fingerprint density at radius 1 is 1.32 bits per heavy atom. The average Bonchev–Trinajstić information content (AvgIpc) is 2.36. The molecule has 0 bridgehead atoms. The van der Waals surface area contributed by atoms with Gasteiger partial charge in [-0.25, -0.2) is 4.98 Å². The van der Waals surface area contributed by atoms with Gasteiger partial charge < -0.3 is 10.1 Å². The minimum Gasteiger partial charge on any atom is -0.497 e. The van der Waals surface area contributed by atoms with Gasteiger partial charge in [0, 0.05) is 17.6 Å². The highest BCUT2D eigenvalue weighted by molar-refractivity contribution is 5.92. The average molecular weight is 256 g/mol. The molecule has 0 amide bonds. The van der Waals surface area contributed by atoms with E-state index in [0.717, 1.165) is 28.3 Å². The van der Waals surface area contributed by atoms with Crippen molar-refractivity contribution in [3.63, 3.8) is 0 Å². The predicted octanol–water partition coefficient (Wildman–Crippen LogP) is 3.84. The van der Waals surface area contributed by atoms with Crippen molar-refractivity contribution < 1.29 is 4.74 Å². The number of ether oxygens (including phenoxy) is 1. The second-order valence-electron chi connectivity index (χ2n) is 5.37. The van der Waals surface area contributed by atoms with Gasteiger partial charge in [-0.05, 0) is 55.3 Å². The Morgan fingerprint density at radius 2 is 2.16 bits per heavy atom. The lowest BCUT2D eigenvalue weighted by atomic mass is 9.80. The molecule has 3 rings (SSSR count). The summed E-state index contributed by atoms with van der Waals surface area (Å²) in [6.07, 6.45) is 5.91. The molecule has 1 saturated carbocycles. The van der Waals surface area contributed by atoms with Crippen LogP contribution in [0.4, 0.5) is 5.82 Å². The Hall–Kier alpha value is -1.77. The standard InChI is InChI=1S/C16H20N2O/c1-11(12-4-3-5-12)18-16-15-7-6-14(19-2)10-13(15)8-9-17-16/h6-12H,3-5H2,1-2H3,(H,17,18). The Kier molecular flexibility index (Phi) is 3.28. The number of nitrogens with zero attached hydrogens (tertiary/aromatic N) is 1. The highest BCUT2D eigenvalue weighted by Crippen LogP contribution is 2.32. The van der Waals surface area contributed by atoms with Crippen molar-refractivity contribution in [2.45, 2.75) is 32.2 Å². The van der Waals surface area contributed by atoms with E-state index >= 15 is 0 Å². The van der Waals surface area contributed by atoms with E-state index in [1.54, 1.807) is 7.11 Å². The van der Waals surface area contributed by atoms with Crippen LogP contribution in [0.5, 0.6) is 5.75 Å². The molecule has 3 heteroatoms. The van der Waals surface area contributed by atoms with Crippen molar-refractivity contribution >= 4 is 16.6 Å². The summed E-state index contributed by atoms with van der Waals surface area (Å²) in [7, 11) is 1.69. The van der Waals surface area contributed by atoms with Gasteiger partial charge in [0.25, 0.3) is 0 Å². The van der Waals surface area contributed by atoms with Crippen LogP contribution in [0.1, 0.15) is 26.2 Å². The molecular formula is C16H20N2O. The lowest BCUT2D eigenvalue weighted by molar-refractivity contribution is 0.285. The van der Waals surface area contributed by atoms with E-state index in [4.69, 9.17) is 4.74 Å². The van der Waals surface area contributed by atoms with Crippen molar-refractivity contribution in [3.05, 3.63) is 30.5 Å². The molecule has 3 nitrogen and oxygen atoms in total. The Labute approximate surface area is 114 Å². The lowest BCUT2D eigenvalue weighted by Crippen LogP contribution is -2.31. The fourth-order valence-corrected chi connectivity index (χ4v) is 2.67. The van der Waals surface area contributed by atoms with E-state index in [1.165, 1.54) is 19.3 Å². The summed E-state index contributed by atoms with van der Waals surface area (Å²) in [5.74, 6) is 2.67. The lowest BCUT2D eigenvalue weighted by Gasteiger charge is -2.32. The van der Waals surface area contributed by atoms with Crippen LogP contribution in [0.2, 0.25) is 0 Å². The van der Waals surface area contributed by atoms with E-state index in [9.17, 15) is 0 Å². The summed E-state index contributed by atoms with van der Waals surface area (Å²) >= 11 is 0. The molecule has 0 saturated heterocycles. The van der Waals surface area contributed by atoms with Crippen molar-refractivity contribution in [1.29, 1.82) is 0 Å². The Balaban J connectivity index is 1.90. The largest absolute Gasteiger partial charge is 0.497 e. The smallest absolute Gasteiger partial charge is 0.134 e. The third kappa shape index (κ3) is 2.37. The second kappa shape index (κ2) is 5.08. The van der Waals surface area contributed by atoms with E-state index in [0.29, 0.717) is 6.04 Å². The molecule has 1 aliphatic rings. The van der Waals surface area contributed by atoms with E-state index < -0.39 is 0 Å². The fourth-order valence-electron chi connectivity index (χ4n) is 2.67. The quantitative estimate of drug-likeness (QED) is 0.902. The summed E-state index contributed by atoms with van der Waals surface area (Å²) in [6.45, 7) is 2.26. The Bertz CT molecular complexity index is 578. The first-order valence-corrected chi connectivity index (χ1v) is 6.97. The van der Waals surface area contributed by atoms with Gasteiger partial charge in [0.1, 0.15) is 11.6 Å². The maximum Gasteiger partial charge on any atom is 0.134 e. The minimum atomic E-state index is 0.494. The molecule has 1 atom stereocenters. The van der Waals surface area contributed by atoms with Gasteiger partial charge in [0.05, 0.1) is 7.11 Å². The molecule has 1 aromatic heterocycles. The van der Waals surface area contributed by atoms with Crippen molar-refractivity contribution in [1.82, 2.24) is 4.98 Å². The maximum atomic E-state index is 5.27. The number of anilines is 1. The van der Waals surface area contributed by atoms with Gasteiger partial charge in [0.2, 0.25) is 0 Å². The number of hydrogen-bond donors (Lipinski definition) is 1. The molecule has 1 N–H and O–H groups in total. The number of fused-ring (bicyclic) bond motifs is 1. The first-order chi connectivity index (χ1) is 9.28. The number of benzene rings is 1. The van der Waals surface area contributed by atoms with Gasteiger partial charge in [-0.1, -0.05) is 6.42 Å². The number of aromatic nitrogens is 1. The molecule has 1 aromatic carbocycles. The third-order valence-corrected chi connectivity index (χ3v) is 4.19. The van der Waals surface area contributed by atoms with Crippen LogP contribution >= 0.6 is 0 Å². The zero-order valence-corrected chi connectivity index (χ0v) is 11.5. The van der Waals surface area contributed by atoms with Crippen LogP contribution in [-0.2, 0) is 0 Å². The Morgan fingerprint density at radius 3 is 2.84 bits per heavy atom. The SMILES string of the molecule is COc1ccc2c(NC(C)C3CCC3)nccc2c1. The van der Waals surface area contributed by atoms with Crippen molar-refractivity contribution in [3.8, 4) is 5.75 Å². The maximum absolute atomic E-state index is 5.27. The predicted molar refractivity (Wildman–Crippen MR) is 78.7 cm³/mol. The fraction of sp³-hybridized carbons (Fsp3) is 0.438. The minimum absolute atomic E-state index is 0.494. The van der Waals surface area contributed by atoms with Crippen LogP contribution in [0.15, 0.2) is 30.5 Å². The van der Waals surface area contributed by atoms with Crippen LogP contribution in [0.3, 0.4) is 0 Å². The molecule has 19 heavy (non-hydrogen) atoms. The monoisotopic (exact) mass is 256 g/mol. The first kappa shape index (κ1) is 12.3. The molecule has 100 valence electrons. The van der Waals surface area contributed by atoms with E-state index in [1.807, 2.05) is 18.3 Å². The molecule has 1 fully saturated rings. The summed E-state index contributed by atoms with van der Waals surface area (Å²) in [4.78, 5) is 4.49. The zero-order chi connectivity index (χ0) is 13.2. The van der Waals surface area contributed by atoms with Crippen LogP contribution in [-0.4, -0.2) is 18.1 Å². The van der Waals surface area contributed by atoms with Crippen LogP contribution in [0.25, 0.3) is 10.8 Å². The highest BCUT2D eigenvalue weighted by atomic mass is 16.5. The molecule has 0 aliphatic heterocycles. The van der Waals surface area contributed by atoms with Crippen LogP contribution < -0.4 is 10.1 Å². The topological polar surface area (TPSA) is 34.1 Å². The van der Waals surface area contributed by atoms with E-state index in [-0.39, 0.29) is 0 Å². The highest BCUT2D eigenvalue weighted by Gasteiger charge is 2.24. The molecule has 1 aliphatic carbocycles. The summed E-state index contributed by atoms with van der Waals surface area (Å²) in [5, 5.41) is 5.90. The van der Waals surface area contributed by atoms with Gasteiger partial charge in [-0.3, -0.25) is 0 Å². The molecule has 1 heterocycles. The third-order valence-electron chi connectivity index (χ3n) is 4.19. The van der Waals surface area contributed by atoms with Crippen molar-refractivity contribution in [2.75, 3.05) is 12.4 Å². The molecule has 0 spiro atoms. The number of methoxy groups -OCH3 is 1. The van der Waals surface area contributed by atoms with Gasteiger partial charge in [-0.15, -0.1) is 0 Å².